The summed E-state index contributed by atoms with van der Waals surface area (Å²) in [5, 5.41) is 0. The Labute approximate surface area is 137 Å². The highest BCUT2D eigenvalue weighted by atomic mass is 79.9. The summed E-state index contributed by atoms with van der Waals surface area (Å²) >= 11 is 3.31. The molecule has 0 fully saturated rings. The number of aryl methyl sites for hydroxylation is 1. The quantitative estimate of drug-likeness (QED) is 0.454. The summed E-state index contributed by atoms with van der Waals surface area (Å²) in [6.45, 7) is 4.11. The third-order valence-corrected chi connectivity index (χ3v) is 3.51. The maximum absolute atomic E-state index is 12.3. The molecule has 0 bridgehead atoms. The Balaban J connectivity index is 2.35. The fourth-order valence-corrected chi connectivity index (χ4v) is 2.48. The molecule has 0 atom stereocenters. The molecular formula is C17H15BrO4. The molecule has 5 heteroatoms. The van der Waals surface area contributed by atoms with E-state index in [0.717, 1.165) is 5.56 Å². The van der Waals surface area contributed by atoms with Crippen LogP contribution in [0.25, 0.3) is 0 Å². The monoisotopic (exact) mass is 362 g/mol. The van der Waals surface area contributed by atoms with Crippen molar-refractivity contribution in [3.63, 3.8) is 0 Å². The van der Waals surface area contributed by atoms with Crippen molar-refractivity contribution in [3.8, 4) is 11.5 Å². The van der Waals surface area contributed by atoms with Crippen molar-refractivity contribution in [2.45, 2.75) is 13.8 Å². The molecule has 4 nitrogen and oxygen atoms in total. The highest BCUT2D eigenvalue weighted by Crippen LogP contribution is 2.37. The van der Waals surface area contributed by atoms with Crippen LogP contribution in [0, 0.1) is 6.92 Å². The highest BCUT2D eigenvalue weighted by molar-refractivity contribution is 9.10. The summed E-state index contributed by atoms with van der Waals surface area (Å²) < 4.78 is 11.4. The first-order valence-electron chi connectivity index (χ1n) is 6.75. The Morgan fingerprint density at radius 3 is 2.68 bits per heavy atom. The number of esters is 1. The van der Waals surface area contributed by atoms with Gasteiger partial charge in [0.25, 0.3) is 0 Å². The van der Waals surface area contributed by atoms with Gasteiger partial charge in [-0.1, -0.05) is 17.7 Å². The van der Waals surface area contributed by atoms with Crippen molar-refractivity contribution in [2.75, 3.05) is 6.61 Å². The number of ether oxygens (including phenoxy) is 2. The minimum absolute atomic E-state index is 0.263. The summed E-state index contributed by atoms with van der Waals surface area (Å²) in [7, 11) is 0. The normalized spacial score (nSPS) is 10.1. The lowest BCUT2D eigenvalue weighted by molar-refractivity contribution is 0.0727. The van der Waals surface area contributed by atoms with E-state index < -0.39 is 5.97 Å². The van der Waals surface area contributed by atoms with Gasteiger partial charge in [-0.25, -0.2) is 4.79 Å². The largest absolute Gasteiger partial charge is 0.490 e. The fourth-order valence-electron chi connectivity index (χ4n) is 1.94. The van der Waals surface area contributed by atoms with Crippen LogP contribution in [0.3, 0.4) is 0 Å². The molecule has 0 unspecified atom stereocenters. The first-order chi connectivity index (χ1) is 10.5. The molecule has 0 saturated heterocycles. The summed E-state index contributed by atoms with van der Waals surface area (Å²) in [5.41, 5.74) is 1.86. The lowest BCUT2D eigenvalue weighted by Gasteiger charge is -2.13. The molecule has 0 heterocycles. The van der Waals surface area contributed by atoms with Gasteiger partial charge in [0.15, 0.2) is 11.5 Å². The number of hydrogen-bond donors (Lipinski definition) is 0. The van der Waals surface area contributed by atoms with Gasteiger partial charge in [0.2, 0.25) is 0 Å². The molecule has 2 rings (SSSR count). The first kappa shape index (κ1) is 16.2. The van der Waals surface area contributed by atoms with Gasteiger partial charge >= 0.3 is 5.97 Å². The van der Waals surface area contributed by atoms with Gasteiger partial charge in [0.05, 0.1) is 16.6 Å². The third-order valence-electron chi connectivity index (χ3n) is 2.92. The van der Waals surface area contributed by atoms with E-state index in [1.807, 2.05) is 19.9 Å². The molecule has 22 heavy (non-hydrogen) atoms. The number of carbonyl (C=O) groups excluding carboxylic acids is 2. The smallest absolute Gasteiger partial charge is 0.343 e. The van der Waals surface area contributed by atoms with E-state index in [2.05, 4.69) is 15.9 Å². The van der Waals surface area contributed by atoms with Crippen molar-refractivity contribution in [3.05, 3.63) is 57.6 Å². The Morgan fingerprint density at radius 1 is 1.27 bits per heavy atom. The zero-order valence-electron chi connectivity index (χ0n) is 12.3. The summed E-state index contributed by atoms with van der Waals surface area (Å²) in [6, 6.07) is 10.2. The predicted molar refractivity (Wildman–Crippen MR) is 86.8 cm³/mol. The number of benzene rings is 2. The molecule has 0 aliphatic heterocycles. The van der Waals surface area contributed by atoms with Crippen molar-refractivity contribution < 1.29 is 19.1 Å². The summed E-state index contributed by atoms with van der Waals surface area (Å²) in [4.78, 5) is 23.2. The lowest BCUT2D eigenvalue weighted by atomic mass is 10.1. The first-order valence-corrected chi connectivity index (χ1v) is 7.54. The molecular weight excluding hydrogens is 348 g/mol. The highest BCUT2D eigenvalue weighted by Gasteiger charge is 2.17. The summed E-state index contributed by atoms with van der Waals surface area (Å²) in [5.74, 6) is 0.128. The van der Waals surface area contributed by atoms with E-state index in [0.29, 0.717) is 34.2 Å². The maximum atomic E-state index is 12.3. The molecule has 2 aromatic carbocycles. The van der Waals surface area contributed by atoms with Crippen molar-refractivity contribution >= 4 is 28.2 Å². The molecule has 0 amide bonds. The second kappa shape index (κ2) is 7.22. The van der Waals surface area contributed by atoms with Gasteiger partial charge in [-0.05, 0) is 54.0 Å². The zero-order valence-corrected chi connectivity index (χ0v) is 13.8. The predicted octanol–water partition coefficient (Wildman–Crippen LogP) is 4.19. The van der Waals surface area contributed by atoms with Crippen LogP contribution < -0.4 is 9.47 Å². The number of halogens is 1. The van der Waals surface area contributed by atoms with Gasteiger partial charge in [-0.3, -0.25) is 4.79 Å². The molecule has 0 N–H and O–H groups in total. The number of carbonyl (C=O) groups is 2. The maximum Gasteiger partial charge on any atom is 0.343 e. The van der Waals surface area contributed by atoms with E-state index in [1.54, 1.807) is 30.3 Å². The molecule has 0 aliphatic rings. The van der Waals surface area contributed by atoms with E-state index in [1.165, 1.54) is 0 Å². The van der Waals surface area contributed by atoms with Gasteiger partial charge in [0, 0.05) is 5.56 Å². The molecule has 0 saturated carbocycles. The van der Waals surface area contributed by atoms with Gasteiger partial charge < -0.3 is 9.47 Å². The van der Waals surface area contributed by atoms with Gasteiger partial charge in [-0.2, -0.15) is 0 Å². The van der Waals surface area contributed by atoms with Crippen LogP contribution in [0.15, 0.2) is 40.9 Å². The standard InChI is InChI=1S/C17H15BrO4/c1-3-21-15-9-12(10-19)8-14(18)16(15)22-17(20)13-6-4-5-11(2)7-13/h4-10H,3H2,1-2H3. The zero-order chi connectivity index (χ0) is 16.1. The van der Waals surface area contributed by atoms with E-state index in [-0.39, 0.29) is 5.75 Å². The SMILES string of the molecule is CCOc1cc(C=O)cc(Br)c1OC(=O)c1cccc(C)c1. The van der Waals surface area contributed by atoms with E-state index in [9.17, 15) is 9.59 Å². The number of aldehydes is 1. The van der Waals surface area contributed by atoms with Crippen LogP contribution in [-0.2, 0) is 0 Å². The lowest BCUT2D eigenvalue weighted by Crippen LogP contribution is -2.10. The molecule has 2 aromatic rings. The Hall–Kier alpha value is -2.14. The molecule has 0 radical (unpaired) electrons. The van der Waals surface area contributed by atoms with Crippen LogP contribution in [0.4, 0.5) is 0 Å². The molecule has 0 aromatic heterocycles. The third kappa shape index (κ3) is 3.74. The minimum Gasteiger partial charge on any atom is -0.490 e. The van der Waals surface area contributed by atoms with Crippen LogP contribution in [0.2, 0.25) is 0 Å². The van der Waals surface area contributed by atoms with Gasteiger partial charge in [0.1, 0.15) is 6.29 Å². The number of rotatable bonds is 5. The summed E-state index contributed by atoms with van der Waals surface area (Å²) in [6.07, 6.45) is 0.708. The van der Waals surface area contributed by atoms with E-state index in [4.69, 9.17) is 9.47 Å². The minimum atomic E-state index is -0.482. The van der Waals surface area contributed by atoms with E-state index >= 15 is 0 Å². The Kier molecular flexibility index (Phi) is 5.33. The topological polar surface area (TPSA) is 52.6 Å². The fraction of sp³-hybridized carbons (Fsp3) is 0.176. The van der Waals surface area contributed by atoms with Crippen molar-refractivity contribution in [1.29, 1.82) is 0 Å². The average Bonchev–Trinajstić information content (AvgIpc) is 2.50. The van der Waals surface area contributed by atoms with Crippen LogP contribution >= 0.6 is 15.9 Å². The van der Waals surface area contributed by atoms with Crippen LogP contribution in [-0.4, -0.2) is 18.9 Å². The van der Waals surface area contributed by atoms with Crippen LogP contribution in [0.5, 0.6) is 11.5 Å². The Bertz CT molecular complexity index is 710. The van der Waals surface area contributed by atoms with Crippen LogP contribution in [0.1, 0.15) is 33.2 Å². The number of hydrogen-bond acceptors (Lipinski definition) is 4. The Morgan fingerprint density at radius 2 is 2.05 bits per heavy atom. The molecule has 0 spiro atoms. The van der Waals surface area contributed by atoms with Gasteiger partial charge in [-0.15, -0.1) is 0 Å². The second-order valence-electron chi connectivity index (χ2n) is 4.64. The second-order valence-corrected chi connectivity index (χ2v) is 5.49. The molecule has 114 valence electrons. The molecule has 0 aliphatic carbocycles. The van der Waals surface area contributed by atoms with Crippen molar-refractivity contribution in [1.82, 2.24) is 0 Å². The van der Waals surface area contributed by atoms with Crippen molar-refractivity contribution in [2.24, 2.45) is 0 Å². The average molecular weight is 363 g/mol.